The van der Waals surface area contributed by atoms with Crippen molar-refractivity contribution in [1.29, 1.82) is 0 Å². The molecule has 2 amide bonds. The lowest BCUT2D eigenvalue weighted by Crippen LogP contribution is -2.47. The van der Waals surface area contributed by atoms with Gasteiger partial charge in [-0.15, -0.1) is 0 Å². The Morgan fingerprint density at radius 2 is 2.24 bits per heavy atom. The summed E-state index contributed by atoms with van der Waals surface area (Å²) in [5.74, 6) is -1.28. The largest absolute Gasteiger partial charge is 0.481 e. The topological polar surface area (TPSA) is 60.9 Å². The van der Waals surface area contributed by atoms with Gasteiger partial charge in [0.05, 0.1) is 5.92 Å². The van der Waals surface area contributed by atoms with Gasteiger partial charge in [-0.05, 0) is 30.5 Å². The highest BCUT2D eigenvalue weighted by atomic mass is 35.5. The van der Waals surface area contributed by atoms with Crippen molar-refractivity contribution in [1.82, 2.24) is 9.80 Å². The highest BCUT2D eigenvalue weighted by Crippen LogP contribution is 2.19. The summed E-state index contributed by atoms with van der Waals surface area (Å²) >= 11 is 5.93. The maximum Gasteiger partial charge on any atom is 0.320 e. The van der Waals surface area contributed by atoms with Crippen LogP contribution in [0.3, 0.4) is 0 Å². The van der Waals surface area contributed by atoms with Crippen LogP contribution in [0.5, 0.6) is 0 Å². The number of carboxylic acid groups (broad SMARTS) is 1. The van der Waals surface area contributed by atoms with Crippen LogP contribution in [0.1, 0.15) is 18.4 Å². The molecule has 6 heteroatoms. The fourth-order valence-electron chi connectivity index (χ4n) is 2.57. The van der Waals surface area contributed by atoms with Gasteiger partial charge in [-0.3, -0.25) is 4.79 Å². The highest BCUT2D eigenvalue weighted by molar-refractivity contribution is 6.30. The minimum absolute atomic E-state index is 0.138. The Kier molecular flexibility index (Phi) is 5.07. The molecule has 5 nitrogen and oxygen atoms in total. The summed E-state index contributed by atoms with van der Waals surface area (Å²) in [4.78, 5) is 26.6. The Labute approximate surface area is 129 Å². The fraction of sp³-hybridized carbons (Fsp3) is 0.467. The molecular weight excluding hydrogens is 292 g/mol. The number of hydrogen-bond donors (Lipinski definition) is 1. The number of carboxylic acids is 1. The van der Waals surface area contributed by atoms with Crippen molar-refractivity contribution < 1.29 is 14.7 Å². The molecule has 21 heavy (non-hydrogen) atoms. The molecule has 1 N–H and O–H groups in total. The van der Waals surface area contributed by atoms with Crippen LogP contribution in [0.2, 0.25) is 5.02 Å². The Hall–Kier alpha value is -1.75. The lowest BCUT2D eigenvalue weighted by atomic mass is 9.99. The SMILES string of the molecule is CN(Cc1cccc(Cl)c1)C(=O)N1CCC[C@@H](C(=O)O)C1. The molecule has 0 bridgehead atoms. The normalized spacial score (nSPS) is 18.4. The molecule has 1 aliphatic heterocycles. The third-order valence-corrected chi connectivity index (χ3v) is 3.91. The molecule has 1 fully saturated rings. The lowest BCUT2D eigenvalue weighted by molar-refractivity contribution is -0.143. The minimum atomic E-state index is -0.829. The number of benzene rings is 1. The van der Waals surface area contributed by atoms with Crippen molar-refractivity contribution in [3.63, 3.8) is 0 Å². The molecule has 1 aromatic carbocycles. The van der Waals surface area contributed by atoms with Crippen LogP contribution >= 0.6 is 11.6 Å². The zero-order valence-corrected chi connectivity index (χ0v) is 12.7. The van der Waals surface area contributed by atoms with Crippen LogP contribution in [0, 0.1) is 5.92 Å². The van der Waals surface area contributed by atoms with Crippen LogP contribution in [0.15, 0.2) is 24.3 Å². The average Bonchev–Trinajstić information content (AvgIpc) is 2.46. The van der Waals surface area contributed by atoms with Gasteiger partial charge in [0.25, 0.3) is 0 Å². The maximum absolute atomic E-state index is 12.4. The standard InChI is InChI=1S/C15H19ClN2O3/c1-17(9-11-4-2-6-13(16)8-11)15(21)18-7-3-5-12(10-18)14(19)20/h2,4,6,8,12H,3,5,7,9-10H2,1H3,(H,19,20)/t12-/m1/s1. The first-order chi connectivity index (χ1) is 9.97. The summed E-state index contributed by atoms with van der Waals surface area (Å²) in [7, 11) is 1.72. The van der Waals surface area contributed by atoms with E-state index in [4.69, 9.17) is 16.7 Å². The van der Waals surface area contributed by atoms with Gasteiger partial charge in [0.15, 0.2) is 0 Å². The molecule has 1 aliphatic rings. The van der Waals surface area contributed by atoms with E-state index in [1.54, 1.807) is 22.9 Å². The lowest BCUT2D eigenvalue weighted by Gasteiger charge is -2.33. The number of carbonyl (C=O) groups is 2. The fourth-order valence-corrected chi connectivity index (χ4v) is 2.78. The summed E-state index contributed by atoms with van der Waals surface area (Å²) in [6.45, 7) is 1.35. The first kappa shape index (κ1) is 15.6. The van der Waals surface area contributed by atoms with Crippen molar-refractivity contribution in [2.24, 2.45) is 5.92 Å². The smallest absolute Gasteiger partial charge is 0.320 e. The summed E-state index contributed by atoms with van der Waals surface area (Å²) in [6, 6.07) is 7.22. The zero-order chi connectivity index (χ0) is 15.4. The Balaban J connectivity index is 1.97. The molecule has 1 saturated heterocycles. The molecule has 2 rings (SSSR count). The van der Waals surface area contributed by atoms with Gasteiger partial charge in [-0.1, -0.05) is 23.7 Å². The van der Waals surface area contributed by atoms with Crippen molar-refractivity contribution in [2.45, 2.75) is 19.4 Å². The van der Waals surface area contributed by atoms with E-state index in [0.29, 0.717) is 24.5 Å². The van der Waals surface area contributed by atoms with Crippen molar-refractivity contribution >= 4 is 23.6 Å². The number of piperidine rings is 1. The van der Waals surface area contributed by atoms with Gasteiger partial charge >= 0.3 is 12.0 Å². The van der Waals surface area contributed by atoms with Crippen LogP contribution in [0.4, 0.5) is 4.79 Å². The van der Waals surface area contributed by atoms with Gasteiger partial charge in [0.2, 0.25) is 0 Å². The number of hydrogen-bond acceptors (Lipinski definition) is 2. The van der Waals surface area contributed by atoms with Crippen LogP contribution < -0.4 is 0 Å². The van der Waals surface area contributed by atoms with E-state index in [2.05, 4.69) is 0 Å². The summed E-state index contributed by atoms with van der Waals surface area (Å²) in [5, 5.41) is 9.71. The summed E-state index contributed by atoms with van der Waals surface area (Å²) in [5.41, 5.74) is 0.949. The van der Waals surface area contributed by atoms with Gasteiger partial charge in [0, 0.05) is 31.7 Å². The quantitative estimate of drug-likeness (QED) is 0.933. The number of urea groups is 1. The average molecular weight is 311 g/mol. The number of rotatable bonds is 3. The van der Waals surface area contributed by atoms with Gasteiger partial charge in [-0.2, -0.15) is 0 Å². The molecule has 0 radical (unpaired) electrons. The number of carbonyl (C=O) groups excluding carboxylic acids is 1. The third-order valence-electron chi connectivity index (χ3n) is 3.68. The molecule has 0 unspecified atom stereocenters. The molecule has 1 aromatic rings. The molecule has 0 aliphatic carbocycles. The van der Waals surface area contributed by atoms with Crippen LogP contribution in [-0.2, 0) is 11.3 Å². The molecular formula is C15H19ClN2O3. The second-order valence-electron chi connectivity index (χ2n) is 5.39. The van der Waals surface area contributed by atoms with Gasteiger partial charge < -0.3 is 14.9 Å². The summed E-state index contributed by atoms with van der Waals surface area (Å²) < 4.78 is 0. The van der Waals surface area contributed by atoms with Gasteiger partial charge in [-0.25, -0.2) is 4.79 Å². The van der Waals surface area contributed by atoms with E-state index in [0.717, 1.165) is 12.0 Å². The number of likely N-dealkylation sites (tertiary alicyclic amines) is 1. The van der Waals surface area contributed by atoms with E-state index in [-0.39, 0.29) is 12.6 Å². The van der Waals surface area contributed by atoms with E-state index >= 15 is 0 Å². The predicted molar refractivity (Wildman–Crippen MR) is 80.2 cm³/mol. The van der Waals surface area contributed by atoms with Crippen LogP contribution in [0.25, 0.3) is 0 Å². The number of nitrogens with zero attached hydrogens (tertiary/aromatic N) is 2. The second kappa shape index (κ2) is 6.80. The van der Waals surface area contributed by atoms with Gasteiger partial charge in [0.1, 0.15) is 0 Å². The van der Waals surface area contributed by atoms with Crippen molar-refractivity contribution in [3.8, 4) is 0 Å². The Bertz CT molecular complexity index is 535. The van der Waals surface area contributed by atoms with Crippen molar-refractivity contribution in [3.05, 3.63) is 34.9 Å². The predicted octanol–water partition coefficient (Wildman–Crippen LogP) is 2.69. The van der Waals surface area contributed by atoms with Crippen LogP contribution in [-0.4, -0.2) is 47.0 Å². The van der Waals surface area contributed by atoms with E-state index < -0.39 is 11.9 Å². The number of halogens is 1. The Morgan fingerprint density at radius 1 is 1.48 bits per heavy atom. The molecule has 114 valence electrons. The Morgan fingerprint density at radius 3 is 2.90 bits per heavy atom. The second-order valence-corrected chi connectivity index (χ2v) is 5.83. The third kappa shape index (κ3) is 4.11. The number of amides is 2. The van der Waals surface area contributed by atoms with E-state index in [1.807, 2.05) is 18.2 Å². The number of aliphatic carboxylic acids is 1. The van der Waals surface area contributed by atoms with Crippen molar-refractivity contribution in [2.75, 3.05) is 20.1 Å². The monoisotopic (exact) mass is 310 g/mol. The maximum atomic E-state index is 12.4. The van der Waals surface area contributed by atoms with E-state index in [1.165, 1.54) is 0 Å². The first-order valence-corrected chi connectivity index (χ1v) is 7.32. The first-order valence-electron chi connectivity index (χ1n) is 6.94. The van der Waals surface area contributed by atoms with E-state index in [9.17, 15) is 9.59 Å². The molecule has 0 spiro atoms. The molecule has 1 heterocycles. The molecule has 0 aromatic heterocycles. The molecule has 1 atom stereocenters. The molecule has 0 saturated carbocycles. The minimum Gasteiger partial charge on any atom is -0.481 e. The highest BCUT2D eigenvalue weighted by Gasteiger charge is 2.29. The summed E-state index contributed by atoms with van der Waals surface area (Å²) in [6.07, 6.45) is 1.37. The zero-order valence-electron chi connectivity index (χ0n) is 12.0.